The second kappa shape index (κ2) is 21.8. The predicted octanol–water partition coefficient (Wildman–Crippen LogP) is 12.2. The van der Waals surface area contributed by atoms with Crippen LogP contribution in [0.5, 0.6) is 5.75 Å². The molecule has 0 saturated carbocycles. The first kappa shape index (κ1) is 41.1. The maximum atomic E-state index is 13.6. The molecule has 0 unspecified atom stereocenters. The fourth-order valence-corrected chi connectivity index (χ4v) is 6.98. The van der Waals surface area contributed by atoms with Crippen molar-refractivity contribution in [3.05, 3.63) is 96.7 Å². The molecule has 0 aliphatic carbocycles. The van der Waals surface area contributed by atoms with Gasteiger partial charge in [-0.15, -0.1) is 0 Å². The number of carbonyl (C=O) groups excluding carboxylic acids is 2. The van der Waals surface area contributed by atoms with Crippen molar-refractivity contribution >= 4 is 75.6 Å². The lowest BCUT2D eigenvalue weighted by molar-refractivity contribution is -0.116. The number of amides is 2. The molecular weight excluding hydrogens is 744 g/mol. The van der Waals surface area contributed by atoms with Gasteiger partial charge in [0.15, 0.2) is 5.82 Å². The lowest BCUT2D eigenvalue weighted by Crippen LogP contribution is -2.28. The number of unbranched alkanes of at least 4 members (excludes halogenated alkanes) is 12. The molecule has 280 valence electrons. The van der Waals surface area contributed by atoms with Crippen LogP contribution in [0.15, 0.2) is 65.5 Å². The molecule has 1 heterocycles. The van der Waals surface area contributed by atoms with Gasteiger partial charge in [0.1, 0.15) is 5.69 Å². The quantitative estimate of drug-likeness (QED) is 0.0627. The van der Waals surface area contributed by atoms with E-state index in [-0.39, 0.29) is 49.8 Å². The SMILES string of the molecule is CCCCCCCCCCCCCCCC(=O)Nc1ccc(Nc2[nH]n(-c3c(Cl)cc(Cl)cc3Cl)c(=O)c2OC(=O)NCc2ccccc2)c(Cl)c1. The van der Waals surface area contributed by atoms with E-state index in [2.05, 4.69) is 28.0 Å². The van der Waals surface area contributed by atoms with Crippen LogP contribution >= 0.6 is 46.4 Å². The van der Waals surface area contributed by atoms with Crippen LogP contribution in [0, 0.1) is 0 Å². The molecule has 0 saturated heterocycles. The van der Waals surface area contributed by atoms with Crippen LogP contribution in [0.3, 0.4) is 0 Å². The molecule has 4 aromatic rings. The van der Waals surface area contributed by atoms with E-state index in [1.54, 1.807) is 18.2 Å². The van der Waals surface area contributed by atoms with Crippen molar-refractivity contribution in [3.63, 3.8) is 0 Å². The van der Waals surface area contributed by atoms with Crippen molar-refractivity contribution in [1.29, 1.82) is 0 Å². The van der Waals surface area contributed by atoms with Crippen LogP contribution in [-0.2, 0) is 11.3 Å². The van der Waals surface area contributed by atoms with Gasteiger partial charge >= 0.3 is 11.7 Å². The van der Waals surface area contributed by atoms with Gasteiger partial charge in [-0.2, -0.15) is 0 Å². The van der Waals surface area contributed by atoms with Gasteiger partial charge in [0, 0.05) is 23.7 Å². The molecular formula is C39H47Cl4N5O4. The summed E-state index contributed by atoms with van der Waals surface area (Å²) >= 11 is 25.5. The maximum Gasteiger partial charge on any atom is 0.413 e. The molecule has 9 nitrogen and oxygen atoms in total. The number of aromatic nitrogens is 2. The smallest absolute Gasteiger partial charge is 0.400 e. The van der Waals surface area contributed by atoms with E-state index in [1.807, 2.05) is 30.3 Å². The van der Waals surface area contributed by atoms with Gasteiger partial charge in [0.2, 0.25) is 11.7 Å². The number of ether oxygens (including phenoxy) is 1. The topological polar surface area (TPSA) is 117 Å². The summed E-state index contributed by atoms with van der Waals surface area (Å²) < 4.78 is 6.55. The minimum atomic E-state index is -0.865. The van der Waals surface area contributed by atoms with E-state index in [0.717, 1.165) is 29.5 Å². The Kier molecular flexibility index (Phi) is 17.2. The molecule has 4 rings (SSSR count). The first-order valence-electron chi connectivity index (χ1n) is 18.0. The summed E-state index contributed by atoms with van der Waals surface area (Å²) in [5, 5.41) is 12.1. The lowest BCUT2D eigenvalue weighted by Gasteiger charge is -2.12. The van der Waals surface area contributed by atoms with Gasteiger partial charge in [-0.1, -0.05) is 161 Å². The molecule has 0 spiro atoms. The summed E-state index contributed by atoms with van der Waals surface area (Å²) in [4.78, 5) is 39.1. The van der Waals surface area contributed by atoms with Crippen molar-refractivity contribution < 1.29 is 14.3 Å². The van der Waals surface area contributed by atoms with Crippen molar-refractivity contribution in [1.82, 2.24) is 15.1 Å². The number of halogens is 4. The maximum absolute atomic E-state index is 13.6. The molecule has 0 bridgehead atoms. The Labute approximate surface area is 325 Å². The molecule has 0 aliphatic rings. The third kappa shape index (κ3) is 13.1. The molecule has 0 aliphatic heterocycles. The van der Waals surface area contributed by atoms with Crippen LogP contribution < -0.4 is 26.2 Å². The molecule has 13 heteroatoms. The first-order chi connectivity index (χ1) is 25.2. The molecule has 3 aromatic carbocycles. The van der Waals surface area contributed by atoms with E-state index >= 15 is 0 Å². The Bertz CT molecular complexity index is 1790. The Morgan fingerprint density at radius 1 is 0.750 bits per heavy atom. The fraction of sp³-hybridized carbons (Fsp3) is 0.410. The van der Waals surface area contributed by atoms with E-state index in [4.69, 9.17) is 51.1 Å². The second-order valence-electron chi connectivity index (χ2n) is 12.8. The van der Waals surface area contributed by atoms with Crippen LogP contribution in [0.25, 0.3) is 5.69 Å². The molecule has 0 radical (unpaired) electrons. The normalized spacial score (nSPS) is 11.0. The van der Waals surface area contributed by atoms with Crippen LogP contribution in [0.2, 0.25) is 20.1 Å². The van der Waals surface area contributed by atoms with E-state index < -0.39 is 11.7 Å². The first-order valence-corrected chi connectivity index (χ1v) is 19.5. The number of rotatable bonds is 21. The van der Waals surface area contributed by atoms with Crippen LogP contribution in [0.1, 0.15) is 102 Å². The van der Waals surface area contributed by atoms with Gasteiger partial charge in [-0.25, -0.2) is 9.48 Å². The number of anilines is 3. The Hall–Kier alpha value is -3.63. The molecule has 0 atom stereocenters. The second-order valence-corrected chi connectivity index (χ2v) is 14.4. The van der Waals surface area contributed by atoms with Crippen LogP contribution in [-0.4, -0.2) is 21.8 Å². The highest BCUT2D eigenvalue weighted by molar-refractivity contribution is 6.40. The summed E-state index contributed by atoms with van der Waals surface area (Å²) in [6.07, 6.45) is 15.7. The molecule has 52 heavy (non-hydrogen) atoms. The third-order valence-electron chi connectivity index (χ3n) is 8.55. The molecule has 0 fully saturated rings. The number of hydrogen-bond donors (Lipinski definition) is 4. The summed E-state index contributed by atoms with van der Waals surface area (Å²) in [5.74, 6) is -0.447. The highest BCUT2D eigenvalue weighted by atomic mass is 35.5. The summed E-state index contributed by atoms with van der Waals surface area (Å²) in [6.45, 7) is 2.42. The number of hydrogen-bond acceptors (Lipinski definition) is 5. The highest BCUT2D eigenvalue weighted by Crippen LogP contribution is 2.35. The Morgan fingerprint density at radius 3 is 1.94 bits per heavy atom. The van der Waals surface area contributed by atoms with Crippen LogP contribution in [0.4, 0.5) is 22.0 Å². The Morgan fingerprint density at radius 2 is 1.35 bits per heavy atom. The predicted molar refractivity (Wildman–Crippen MR) is 214 cm³/mol. The largest absolute Gasteiger partial charge is 0.413 e. The zero-order valence-electron chi connectivity index (χ0n) is 29.5. The lowest BCUT2D eigenvalue weighted by atomic mass is 10.0. The van der Waals surface area contributed by atoms with Crippen molar-refractivity contribution in [2.75, 3.05) is 10.6 Å². The zero-order chi connectivity index (χ0) is 37.3. The number of H-pyrrole nitrogens is 1. The number of carbonyl (C=O) groups is 2. The van der Waals surface area contributed by atoms with Gasteiger partial charge in [0.05, 0.1) is 20.8 Å². The molecule has 4 N–H and O–H groups in total. The van der Waals surface area contributed by atoms with E-state index in [9.17, 15) is 14.4 Å². The highest BCUT2D eigenvalue weighted by Gasteiger charge is 2.24. The number of nitrogens with zero attached hydrogens (tertiary/aromatic N) is 1. The van der Waals surface area contributed by atoms with Crippen molar-refractivity contribution in [2.45, 2.75) is 103 Å². The third-order valence-corrected chi connectivity index (χ3v) is 9.65. The minimum Gasteiger partial charge on any atom is -0.400 e. The minimum absolute atomic E-state index is 0.00281. The summed E-state index contributed by atoms with van der Waals surface area (Å²) in [5.41, 5.74) is 1.09. The van der Waals surface area contributed by atoms with E-state index in [0.29, 0.717) is 17.8 Å². The average molecular weight is 792 g/mol. The molecule has 2 amide bonds. The monoisotopic (exact) mass is 789 g/mol. The standard InChI is InChI=1S/C39H47Cl4N5O4/c1-2-3-4-5-6-7-8-9-10-11-12-13-17-20-34(49)45-29-21-22-33(30(41)25-29)46-37-36(52-39(51)44-26-27-18-15-14-16-19-27)38(50)48(47-37)35-31(42)23-28(40)24-32(35)43/h14-16,18-19,21-25,46-47H,2-13,17,20,26H2,1H3,(H,44,51)(H,45,49). The fourth-order valence-electron chi connectivity index (χ4n) is 5.76. The van der Waals surface area contributed by atoms with Gasteiger partial charge in [-0.3, -0.25) is 14.7 Å². The van der Waals surface area contributed by atoms with Crippen molar-refractivity contribution in [2.24, 2.45) is 0 Å². The van der Waals surface area contributed by atoms with Gasteiger partial charge in [-0.05, 0) is 42.3 Å². The number of benzene rings is 3. The van der Waals surface area contributed by atoms with Crippen molar-refractivity contribution in [3.8, 4) is 11.4 Å². The number of aromatic amines is 1. The van der Waals surface area contributed by atoms with E-state index in [1.165, 1.54) is 76.3 Å². The van der Waals surface area contributed by atoms with Gasteiger partial charge < -0.3 is 20.7 Å². The zero-order valence-corrected chi connectivity index (χ0v) is 32.5. The Balaban J connectivity index is 1.33. The summed E-state index contributed by atoms with van der Waals surface area (Å²) in [7, 11) is 0. The average Bonchev–Trinajstić information content (AvgIpc) is 3.40. The molecule has 1 aromatic heterocycles. The van der Waals surface area contributed by atoms with Gasteiger partial charge in [0.25, 0.3) is 0 Å². The number of nitrogens with one attached hydrogen (secondary N) is 4. The summed E-state index contributed by atoms with van der Waals surface area (Å²) in [6, 6.07) is 17.0.